The topological polar surface area (TPSA) is 131 Å². The van der Waals surface area contributed by atoms with Gasteiger partial charge in [0, 0.05) is 24.3 Å². The molecule has 0 saturated carbocycles. The van der Waals surface area contributed by atoms with E-state index in [0.717, 1.165) is 34.3 Å². The molecule has 0 fully saturated rings. The minimum Gasteiger partial charge on any atom is -0.492 e. The molecule has 0 radical (unpaired) electrons. The van der Waals surface area contributed by atoms with Crippen LogP contribution in [0.1, 0.15) is 41.4 Å². The predicted molar refractivity (Wildman–Crippen MR) is 147 cm³/mol. The molecule has 0 bridgehead atoms. The molecule has 37 heavy (non-hydrogen) atoms. The van der Waals surface area contributed by atoms with Crippen LogP contribution >= 0.6 is 0 Å². The zero-order valence-corrected chi connectivity index (χ0v) is 22.2. The number of rotatable bonds is 12. The van der Waals surface area contributed by atoms with Crippen LogP contribution in [-0.2, 0) is 16.4 Å². The van der Waals surface area contributed by atoms with Crippen molar-refractivity contribution >= 4 is 21.6 Å². The second-order valence-corrected chi connectivity index (χ2v) is 11.2. The first-order chi connectivity index (χ1) is 17.5. The largest absolute Gasteiger partial charge is 0.492 e. The molecule has 3 aromatic rings. The molecular formula is C28H35N3O5S. The first-order valence-corrected chi connectivity index (χ1v) is 14.0. The van der Waals surface area contributed by atoms with Crippen LogP contribution in [0, 0.1) is 5.92 Å². The Hall–Kier alpha value is -3.40. The van der Waals surface area contributed by atoms with Crippen LogP contribution < -0.4 is 20.5 Å². The second kappa shape index (κ2) is 12.7. The van der Waals surface area contributed by atoms with Crippen molar-refractivity contribution in [2.75, 3.05) is 31.7 Å². The van der Waals surface area contributed by atoms with E-state index in [9.17, 15) is 18.3 Å². The van der Waals surface area contributed by atoms with E-state index >= 15 is 0 Å². The lowest BCUT2D eigenvalue weighted by atomic mass is 9.93. The van der Waals surface area contributed by atoms with E-state index in [4.69, 9.17) is 10.5 Å². The zero-order chi connectivity index (χ0) is 27.0. The molecule has 1 amide bonds. The second-order valence-electron chi connectivity index (χ2n) is 9.43. The first kappa shape index (κ1) is 28.2. The van der Waals surface area contributed by atoms with Crippen molar-refractivity contribution in [1.29, 1.82) is 0 Å². The number of ether oxygens (including phenoxy) is 1. The Kier molecular flexibility index (Phi) is 9.68. The number of aliphatic hydroxyl groups excluding tert-OH is 1. The summed E-state index contributed by atoms with van der Waals surface area (Å²) in [5.74, 6) is 0.385. The number of nitrogen functional groups attached to an aromatic ring is 1. The molecule has 0 aliphatic rings. The minimum absolute atomic E-state index is 0.289. The molecular weight excluding hydrogens is 490 g/mol. The minimum atomic E-state index is -3.65. The Labute approximate surface area is 218 Å². The summed E-state index contributed by atoms with van der Waals surface area (Å²) in [6.45, 7) is 5.51. The maximum absolute atomic E-state index is 12.5. The van der Waals surface area contributed by atoms with Crippen LogP contribution in [0.5, 0.6) is 5.75 Å². The number of carbonyl (C=O) groups is 1. The summed E-state index contributed by atoms with van der Waals surface area (Å²) in [6, 6.07) is 20.2. The SMILES string of the molecule is CC(C)Cc1cc(-c2ccc(OCCNC[C@H](O)c3ccc(N)cc3)cc2)ccc1C(=O)NS(C)(=O)=O. The maximum atomic E-state index is 12.5. The highest BCUT2D eigenvalue weighted by Gasteiger charge is 2.17. The summed E-state index contributed by atoms with van der Waals surface area (Å²) in [5, 5.41) is 13.4. The standard InChI is InChI=1S/C28H35N3O5S/c1-19(2)16-23-17-22(8-13-26(23)28(33)31-37(3,34)35)20-6-11-25(12-7-20)36-15-14-30-18-27(32)21-4-9-24(29)10-5-21/h4-13,17,19,27,30,32H,14-16,18,29H2,1-3H3,(H,31,33)/t27-/m0/s1. The van der Waals surface area contributed by atoms with Gasteiger partial charge < -0.3 is 20.9 Å². The van der Waals surface area contributed by atoms with Gasteiger partial charge in [-0.1, -0.05) is 50.2 Å². The quantitative estimate of drug-likeness (QED) is 0.210. The highest BCUT2D eigenvalue weighted by atomic mass is 32.2. The monoisotopic (exact) mass is 525 g/mol. The van der Waals surface area contributed by atoms with E-state index in [1.807, 2.05) is 62.4 Å². The number of hydrogen-bond donors (Lipinski definition) is 4. The Bertz CT molecular complexity index is 1290. The van der Waals surface area contributed by atoms with E-state index in [1.165, 1.54) is 0 Å². The van der Waals surface area contributed by atoms with Gasteiger partial charge in [-0.25, -0.2) is 13.1 Å². The third-order valence-corrected chi connectivity index (χ3v) is 6.21. The summed E-state index contributed by atoms with van der Waals surface area (Å²) in [4.78, 5) is 12.5. The van der Waals surface area contributed by atoms with Crippen LogP contribution in [0.15, 0.2) is 66.7 Å². The molecule has 3 rings (SSSR count). The molecule has 0 aliphatic heterocycles. The van der Waals surface area contributed by atoms with Gasteiger partial charge in [-0.3, -0.25) is 4.79 Å². The van der Waals surface area contributed by atoms with Crippen LogP contribution in [0.4, 0.5) is 5.69 Å². The van der Waals surface area contributed by atoms with Gasteiger partial charge in [0.25, 0.3) is 5.91 Å². The number of benzene rings is 3. The summed E-state index contributed by atoms with van der Waals surface area (Å²) >= 11 is 0. The first-order valence-electron chi connectivity index (χ1n) is 12.1. The fourth-order valence-electron chi connectivity index (χ4n) is 3.89. The van der Waals surface area contributed by atoms with Crippen molar-refractivity contribution in [2.24, 2.45) is 5.92 Å². The number of nitrogens with two attached hydrogens (primary N) is 1. The Balaban J connectivity index is 1.57. The molecule has 5 N–H and O–H groups in total. The van der Waals surface area contributed by atoms with Gasteiger partial charge in [0.05, 0.1) is 12.4 Å². The normalized spacial score (nSPS) is 12.4. The number of aliphatic hydroxyl groups is 1. The van der Waals surface area contributed by atoms with Crippen molar-refractivity contribution in [3.63, 3.8) is 0 Å². The van der Waals surface area contributed by atoms with E-state index in [0.29, 0.717) is 37.4 Å². The summed E-state index contributed by atoms with van der Waals surface area (Å²) in [5.41, 5.74) is 10.2. The van der Waals surface area contributed by atoms with Crippen LogP contribution in [0.2, 0.25) is 0 Å². The van der Waals surface area contributed by atoms with E-state index < -0.39 is 22.0 Å². The number of hydrogen-bond acceptors (Lipinski definition) is 7. The van der Waals surface area contributed by atoms with Crippen LogP contribution in [0.25, 0.3) is 11.1 Å². The van der Waals surface area contributed by atoms with Gasteiger partial charge in [0.15, 0.2) is 0 Å². The highest BCUT2D eigenvalue weighted by Crippen LogP contribution is 2.26. The number of amides is 1. The highest BCUT2D eigenvalue weighted by molar-refractivity contribution is 7.89. The lowest BCUT2D eigenvalue weighted by Crippen LogP contribution is -2.30. The number of carbonyl (C=O) groups excluding carboxylic acids is 1. The van der Waals surface area contributed by atoms with Crippen molar-refractivity contribution in [1.82, 2.24) is 10.0 Å². The van der Waals surface area contributed by atoms with Gasteiger partial charge >= 0.3 is 0 Å². The number of nitrogens with one attached hydrogen (secondary N) is 2. The van der Waals surface area contributed by atoms with Gasteiger partial charge in [-0.05, 0) is 64.9 Å². The molecule has 0 aliphatic carbocycles. The van der Waals surface area contributed by atoms with E-state index in [-0.39, 0.29) is 5.92 Å². The Morgan fingerprint density at radius 1 is 1.00 bits per heavy atom. The molecule has 3 aromatic carbocycles. The number of anilines is 1. The third-order valence-electron chi connectivity index (χ3n) is 5.65. The zero-order valence-electron chi connectivity index (χ0n) is 21.4. The fraction of sp³-hybridized carbons (Fsp3) is 0.321. The lowest BCUT2D eigenvalue weighted by Gasteiger charge is -2.14. The Morgan fingerprint density at radius 2 is 1.65 bits per heavy atom. The van der Waals surface area contributed by atoms with Gasteiger partial charge in [0.2, 0.25) is 10.0 Å². The predicted octanol–water partition coefficient (Wildman–Crippen LogP) is 3.53. The molecule has 198 valence electrons. The average Bonchev–Trinajstić information content (AvgIpc) is 2.83. The van der Waals surface area contributed by atoms with Crippen molar-refractivity contribution < 1.29 is 23.1 Å². The van der Waals surface area contributed by atoms with Gasteiger partial charge in [-0.15, -0.1) is 0 Å². The summed E-state index contributed by atoms with van der Waals surface area (Å²) < 4.78 is 30.9. The molecule has 0 heterocycles. The Morgan fingerprint density at radius 3 is 2.27 bits per heavy atom. The van der Waals surface area contributed by atoms with Crippen molar-refractivity contribution in [2.45, 2.75) is 26.4 Å². The molecule has 0 aromatic heterocycles. The van der Waals surface area contributed by atoms with Crippen LogP contribution in [0.3, 0.4) is 0 Å². The van der Waals surface area contributed by atoms with E-state index in [2.05, 4.69) is 10.0 Å². The summed E-state index contributed by atoms with van der Waals surface area (Å²) in [7, 11) is -3.65. The fourth-order valence-corrected chi connectivity index (χ4v) is 4.33. The van der Waals surface area contributed by atoms with E-state index in [1.54, 1.807) is 18.2 Å². The van der Waals surface area contributed by atoms with Gasteiger partial charge in [0.1, 0.15) is 12.4 Å². The smallest absolute Gasteiger partial charge is 0.264 e. The molecule has 0 spiro atoms. The van der Waals surface area contributed by atoms with Crippen molar-refractivity contribution in [3.05, 3.63) is 83.4 Å². The molecule has 8 nitrogen and oxygen atoms in total. The average molecular weight is 526 g/mol. The van der Waals surface area contributed by atoms with Gasteiger partial charge in [-0.2, -0.15) is 0 Å². The van der Waals surface area contributed by atoms with Crippen LogP contribution in [-0.4, -0.2) is 45.4 Å². The molecule has 9 heteroatoms. The summed E-state index contributed by atoms with van der Waals surface area (Å²) in [6.07, 6.45) is 0.984. The van der Waals surface area contributed by atoms with Crippen molar-refractivity contribution in [3.8, 4) is 16.9 Å². The number of sulfonamides is 1. The molecule has 1 atom stereocenters. The molecule has 0 saturated heterocycles. The maximum Gasteiger partial charge on any atom is 0.264 e. The molecule has 0 unspecified atom stereocenters. The lowest BCUT2D eigenvalue weighted by molar-refractivity contribution is 0.0980. The third kappa shape index (κ3) is 8.89.